The molecule has 8 nitrogen and oxygen atoms in total. The molecule has 4 N–H and O–H groups in total. The van der Waals surface area contributed by atoms with Crippen molar-refractivity contribution in [2.75, 3.05) is 49.5 Å². The summed E-state index contributed by atoms with van der Waals surface area (Å²) in [5.74, 6) is -3.59. The molecule has 1 aliphatic heterocycles. The number of carbonyl (C=O) groups excluding carboxylic acids is 2. The molecule has 0 atom stereocenters. The molecule has 0 unspecified atom stereocenters. The molecule has 42 heavy (non-hydrogen) atoms. The lowest BCUT2D eigenvalue weighted by atomic mass is 9.99. The van der Waals surface area contributed by atoms with Gasteiger partial charge in [-0.1, -0.05) is 30.5 Å². The van der Waals surface area contributed by atoms with E-state index < -0.39 is 47.3 Å². The first-order valence-corrected chi connectivity index (χ1v) is 14.1. The summed E-state index contributed by atoms with van der Waals surface area (Å²) in [6.07, 6.45) is -2.17. The average molecular weight is 618 g/mol. The highest BCUT2D eigenvalue weighted by atomic mass is 35.5. The van der Waals surface area contributed by atoms with Crippen LogP contribution in [-0.4, -0.2) is 73.0 Å². The van der Waals surface area contributed by atoms with E-state index in [4.69, 9.17) is 11.6 Å². The molecule has 0 spiro atoms. The Morgan fingerprint density at radius 1 is 1.00 bits per heavy atom. The van der Waals surface area contributed by atoms with E-state index in [0.717, 1.165) is 18.9 Å². The number of aliphatic hydroxyl groups is 1. The SMILES string of the molecule is O=C(NCc1ccc(C(=O)Nc2ccc(Cl)cc2N2CCN(CCC(F)(F)F)CC2)c(F)c1F)NC1(CO)CCCC1. The number of hydrogen-bond acceptors (Lipinski definition) is 5. The van der Waals surface area contributed by atoms with Crippen LogP contribution in [0.15, 0.2) is 30.3 Å². The van der Waals surface area contributed by atoms with Gasteiger partial charge in [0.05, 0.1) is 35.5 Å². The smallest absolute Gasteiger partial charge is 0.390 e. The van der Waals surface area contributed by atoms with Gasteiger partial charge in [-0.05, 0) is 37.1 Å². The first kappa shape index (κ1) is 31.8. The van der Waals surface area contributed by atoms with E-state index in [-0.39, 0.29) is 30.9 Å². The number of hydrogen-bond donors (Lipinski definition) is 4. The lowest BCUT2D eigenvalue weighted by molar-refractivity contribution is -0.138. The van der Waals surface area contributed by atoms with Gasteiger partial charge in [0.25, 0.3) is 5.91 Å². The zero-order chi connectivity index (χ0) is 30.5. The van der Waals surface area contributed by atoms with E-state index >= 15 is 0 Å². The Labute approximate surface area is 245 Å². The molecular weight excluding hydrogens is 585 g/mol. The van der Waals surface area contributed by atoms with Gasteiger partial charge in [-0.2, -0.15) is 13.2 Å². The van der Waals surface area contributed by atoms with Crippen molar-refractivity contribution < 1.29 is 36.6 Å². The first-order chi connectivity index (χ1) is 19.9. The van der Waals surface area contributed by atoms with Crippen molar-refractivity contribution in [1.82, 2.24) is 15.5 Å². The molecule has 1 saturated carbocycles. The van der Waals surface area contributed by atoms with E-state index in [1.165, 1.54) is 18.2 Å². The maximum Gasteiger partial charge on any atom is 0.390 e. The molecule has 0 aromatic heterocycles. The van der Waals surface area contributed by atoms with Crippen molar-refractivity contribution >= 4 is 34.9 Å². The van der Waals surface area contributed by atoms with Crippen LogP contribution < -0.4 is 20.9 Å². The summed E-state index contributed by atoms with van der Waals surface area (Å²) >= 11 is 6.17. The lowest BCUT2D eigenvalue weighted by Gasteiger charge is -2.37. The highest BCUT2D eigenvalue weighted by Gasteiger charge is 2.35. The van der Waals surface area contributed by atoms with Crippen molar-refractivity contribution in [1.29, 1.82) is 0 Å². The first-order valence-electron chi connectivity index (χ1n) is 13.7. The fourth-order valence-electron chi connectivity index (χ4n) is 5.30. The zero-order valence-electron chi connectivity index (χ0n) is 22.8. The van der Waals surface area contributed by atoms with E-state index in [0.29, 0.717) is 49.7 Å². The third kappa shape index (κ3) is 8.01. The summed E-state index contributed by atoms with van der Waals surface area (Å²) in [5.41, 5.74) is -0.665. The minimum absolute atomic E-state index is 0.110. The Hall–Kier alpha value is -3.16. The maximum absolute atomic E-state index is 15.0. The summed E-state index contributed by atoms with van der Waals surface area (Å²) in [4.78, 5) is 28.9. The van der Waals surface area contributed by atoms with Gasteiger partial charge < -0.3 is 26.0 Å². The number of carbonyl (C=O) groups is 2. The maximum atomic E-state index is 15.0. The topological polar surface area (TPSA) is 96.9 Å². The van der Waals surface area contributed by atoms with Gasteiger partial charge in [-0.25, -0.2) is 13.6 Å². The standard InChI is InChI=1S/C28H33ClF5N5O3/c29-19-4-6-21(22(15-19)39-13-11-38(12-14-39)10-9-28(32,33)34)36-25(41)20-5-3-18(23(30)24(20)31)16-35-26(42)37-27(17-40)7-1-2-8-27/h3-6,15,40H,1-2,7-14,16-17H2,(H,36,41)(H2,35,37,42). The van der Waals surface area contributed by atoms with Crippen LogP contribution in [0.5, 0.6) is 0 Å². The van der Waals surface area contributed by atoms with Gasteiger partial charge in [0.2, 0.25) is 0 Å². The van der Waals surface area contributed by atoms with E-state index in [1.807, 2.05) is 4.90 Å². The van der Waals surface area contributed by atoms with Crippen LogP contribution in [0.1, 0.15) is 48.0 Å². The molecule has 3 amide bonds. The number of rotatable bonds is 9. The Morgan fingerprint density at radius 3 is 2.33 bits per heavy atom. The second-order valence-electron chi connectivity index (χ2n) is 10.7. The van der Waals surface area contributed by atoms with Gasteiger partial charge in [0.15, 0.2) is 11.6 Å². The molecule has 0 bridgehead atoms. The van der Waals surface area contributed by atoms with Crippen LogP contribution in [0.3, 0.4) is 0 Å². The summed E-state index contributed by atoms with van der Waals surface area (Å²) in [6, 6.07) is 6.32. The predicted molar refractivity (Wildman–Crippen MR) is 149 cm³/mol. The van der Waals surface area contributed by atoms with Crippen molar-refractivity contribution in [2.45, 2.75) is 50.4 Å². The molecule has 4 rings (SSSR count). The van der Waals surface area contributed by atoms with E-state index in [9.17, 15) is 36.6 Å². The molecule has 2 aliphatic rings. The van der Waals surface area contributed by atoms with Gasteiger partial charge in [0.1, 0.15) is 0 Å². The molecule has 2 aromatic rings. The molecule has 1 heterocycles. The number of aliphatic hydroxyl groups excluding tert-OH is 1. The summed E-state index contributed by atoms with van der Waals surface area (Å²) in [7, 11) is 0. The van der Waals surface area contributed by atoms with Gasteiger partial charge in [-0.15, -0.1) is 0 Å². The fourth-order valence-corrected chi connectivity index (χ4v) is 5.46. The van der Waals surface area contributed by atoms with Crippen molar-refractivity contribution in [3.63, 3.8) is 0 Å². The molecule has 2 aromatic carbocycles. The number of halogens is 6. The number of benzene rings is 2. The largest absolute Gasteiger partial charge is 0.394 e. The summed E-state index contributed by atoms with van der Waals surface area (Å²) < 4.78 is 67.6. The molecule has 0 radical (unpaired) electrons. The normalized spacial score (nSPS) is 17.3. The lowest BCUT2D eigenvalue weighted by Crippen LogP contribution is -2.52. The predicted octanol–water partition coefficient (Wildman–Crippen LogP) is 5.05. The second kappa shape index (κ2) is 13.4. The molecule has 1 aliphatic carbocycles. The Kier molecular flexibility index (Phi) is 10.2. The summed E-state index contributed by atoms with van der Waals surface area (Å²) in [6.45, 7) is 0.808. The highest BCUT2D eigenvalue weighted by Crippen LogP contribution is 2.32. The monoisotopic (exact) mass is 617 g/mol. The average Bonchev–Trinajstić information content (AvgIpc) is 3.42. The van der Waals surface area contributed by atoms with Gasteiger partial charge >= 0.3 is 12.2 Å². The third-order valence-electron chi connectivity index (χ3n) is 7.72. The number of anilines is 2. The van der Waals surface area contributed by atoms with E-state index in [1.54, 1.807) is 11.0 Å². The molecule has 14 heteroatoms. The van der Waals surface area contributed by atoms with Crippen LogP contribution >= 0.6 is 11.6 Å². The van der Waals surface area contributed by atoms with Crippen molar-refractivity contribution in [3.05, 3.63) is 58.1 Å². The highest BCUT2D eigenvalue weighted by molar-refractivity contribution is 6.31. The Balaban J connectivity index is 1.39. The van der Waals surface area contributed by atoms with Crippen LogP contribution in [0.2, 0.25) is 5.02 Å². The number of urea groups is 1. The molecule has 230 valence electrons. The van der Waals surface area contributed by atoms with Crippen LogP contribution in [0, 0.1) is 11.6 Å². The van der Waals surface area contributed by atoms with E-state index in [2.05, 4.69) is 16.0 Å². The van der Waals surface area contributed by atoms with Gasteiger partial charge in [-0.3, -0.25) is 9.69 Å². The van der Waals surface area contributed by atoms with Crippen LogP contribution in [-0.2, 0) is 6.54 Å². The Morgan fingerprint density at radius 2 is 1.69 bits per heavy atom. The number of nitrogens with one attached hydrogen (secondary N) is 3. The molecule has 1 saturated heterocycles. The molecule has 2 fully saturated rings. The van der Waals surface area contributed by atoms with Gasteiger partial charge in [0, 0.05) is 49.9 Å². The fraction of sp³-hybridized carbons (Fsp3) is 0.500. The van der Waals surface area contributed by atoms with Crippen LogP contribution in [0.4, 0.5) is 38.1 Å². The zero-order valence-corrected chi connectivity index (χ0v) is 23.6. The summed E-state index contributed by atoms with van der Waals surface area (Å²) in [5, 5.41) is 17.8. The minimum Gasteiger partial charge on any atom is -0.394 e. The van der Waals surface area contributed by atoms with Crippen molar-refractivity contribution in [2.24, 2.45) is 0 Å². The van der Waals surface area contributed by atoms with Crippen LogP contribution in [0.25, 0.3) is 0 Å². The number of nitrogens with zero attached hydrogens (tertiary/aromatic N) is 2. The Bertz CT molecular complexity index is 1280. The number of alkyl halides is 3. The number of piperazine rings is 1. The minimum atomic E-state index is -4.24. The quantitative estimate of drug-likeness (QED) is 0.296. The third-order valence-corrected chi connectivity index (χ3v) is 7.96. The number of amides is 3. The second-order valence-corrected chi connectivity index (χ2v) is 11.1. The van der Waals surface area contributed by atoms with Crippen molar-refractivity contribution in [3.8, 4) is 0 Å². The molecular formula is C28H33ClF5N5O3.